The van der Waals surface area contributed by atoms with Crippen molar-refractivity contribution in [3.8, 4) is 5.75 Å². The van der Waals surface area contributed by atoms with Crippen molar-refractivity contribution in [2.75, 3.05) is 18.0 Å². The van der Waals surface area contributed by atoms with Crippen molar-refractivity contribution < 1.29 is 18.3 Å². The lowest BCUT2D eigenvalue weighted by Crippen LogP contribution is -2.38. The fraction of sp³-hybridized carbons (Fsp3) is 0.500. The SMILES string of the molecule is Oc1ccc(N2CCC(C(F)(F)F)CC2)cc1. The summed E-state index contributed by atoms with van der Waals surface area (Å²) >= 11 is 0. The molecule has 1 aliphatic rings. The predicted octanol–water partition coefficient (Wildman–Crippen LogP) is 3.17. The van der Waals surface area contributed by atoms with Crippen LogP contribution in [0.1, 0.15) is 12.8 Å². The molecule has 5 heteroatoms. The topological polar surface area (TPSA) is 23.5 Å². The zero-order chi connectivity index (χ0) is 12.5. The lowest BCUT2D eigenvalue weighted by Gasteiger charge is -2.34. The number of nitrogens with zero attached hydrogens (tertiary/aromatic N) is 1. The maximum absolute atomic E-state index is 12.5. The Balaban J connectivity index is 1.97. The van der Waals surface area contributed by atoms with Gasteiger partial charge in [0.15, 0.2) is 0 Å². The standard InChI is InChI=1S/C12H14F3NO/c13-12(14,15)9-5-7-16(8-6-9)10-1-3-11(17)4-2-10/h1-4,9,17H,5-8H2. The van der Waals surface area contributed by atoms with Crippen molar-refractivity contribution in [1.82, 2.24) is 0 Å². The number of hydrogen-bond donors (Lipinski definition) is 1. The summed E-state index contributed by atoms with van der Waals surface area (Å²) in [6.45, 7) is 0.823. The third kappa shape index (κ3) is 2.84. The lowest BCUT2D eigenvalue weighted by atomic mass is 9.96. The van der Waals surface area contributed by atoms with Gasteiger partial charge >= 0.3 is 6.18 Å². The number of phenols is 1. The smallest absolute Gasteiger partial charge is 0.391 e. The highest BCUT2D eigenvalue weighted by molar-refractivity contribution is 5.49. The highest BCUT2D eigenvalue weighted by atomic mass is 19.4. The van der Waals surface area contributed by atoms with E-state index in [0.29, 0.717) is 13.1 Å². The molecule has 1 aromatic carbocycles. The van der Waals surface area contributed by atoms with Crippen LogP contribution in [0.3, 0.4) is 0 Å². The first-order chi connectivity index (χ1) is 7.97. The van der Waals surface area contributed by atoms with Gasteiger partial charge in [-0.15, -0.1) is 0 Å². The predicted molar refractivity (Wildman–Crippen MR) is 59.1 cm³/mol. The molecule has 2 nitrogen and oxygen atoms in total. The number of rotatable bonds is 1. The summed E-state index contributed by atoms with van der Waals surface area (Å²) in [4.78, 5) is 1.92. The van der Waals surface area contributed by atoms with Gasteiger partial charge in [-0.05, 0) is 37.1 Å². The van der Waals surface area contributed by atoms with E-state index in [1.54, 1.807) is 24.3 Å². The van der Waals surface area contributed by atoms with Gasteiger partial charge in [0.25, 0.3) is 0 Å². The van der Waals surface area contributed by atoms with Crippen molar-refractivity contribution in [3.05, 3.63) is 24.3 Å². The first kappa shape index (κ1) is 12.1. The molecule has 0 radical (unpaired) electrons. The van der Waals surface area contributed by atoms with E-state index in [1.807, 2.05) is 4.90 Å². The Morgan fingerprint density at radius 1 is 1.06 bits per heavy atom. The second-order valence-electron chi connectivity index (χ2n) is 4.32. The van der Waals surface area contributed by atoms with Gasteiger partial charge in [0.1, 0.15) is 5.75 Å². The second-order valence-corrected chi connectivity index (χ2v) is 4.32. The number of hydrogen-bond acceptors (Lipinski definition) is 2. The molecule has 94 valence electrons. The zero-order valence-corrected chi connectivity index (χ0v) is 9.24. The maximum Gasteiger partial charge on any atom is 0.391 e. The molecule has 1 aromatic rings. The molecule has 1 heterocycles. The fourth-order valence-electron chi connectivity index (χ4n) is 2.13. The monoisotopic (exact) mass is 245 g/mol. The Bertz CT molecular complexity index is 366. The molecular formula is C12H14F3NO. The summed E-state index contributed by atoms with van der Waals surface area (Å²) in [5, 5.41) is 9.14. The fourth-order valence-corrected chi connectivity index (χ4v) is 2.13. The Hall–Kier alpha value is -1.39. The number of aromatic hydroxyl groups is 1. The van der Waals surface area contributed by atoms with Gasteiger partial charge in [-0.25, -0.2) is 0 Å². The first-order valence-corrected chi connectivity index (χ1v) is 5.57. The average molecular weight is 245 g/mol. The van der Waals surface area contributed by atoms with Crippen molar-refractivity contribution in [2.24, 2.45) is 5.92 Å². The van der Waals surface area contributed by atoms with Crippen LogP contribution in [0.2, 0.25) is 0 Å². The summed E-state index contributed by atoms with van der Waals surface area (Å²) in [5.74, 6) is -1.00. The van der Waals surface area contributed by atoms with Crippen LogP contribution in [-0.2, 0) is 0 Å². The van der Waals surface area contributed by atoms with Crippen LogP contribution in [-0.4, -0.2) is 24.4 Å². The summed E-state index contributed by atoms with van der Waals surface area (Å²) in [6, 6.07) is 6.54. The molecule has 17 heavy (non-hydrogen) atoms. The molecule has 1 saturated heterocycles. The van der Waals surface area contributed by atoms with Gasteiger partial charge in [-0.2, -0.15) is 13.2 Å². The Kier molecular flexibility index (Phi) is 3.17. The Labute approximate surface area is 97.7 Å². The second kappa shape index (κ2) is 4.47. The zero-order valence-electron chi connectivity index (χ0n) is 9.24. The molecule has 0 atom stereocenters. The van der Waals surface area contributed by atoms with Crippen LogP contribution in [0.25, 0.3) is 0 Å². The molecule has 1 aliphatic heterocycles. The quantitative estimate of drug-likeness (QED) is 0.821. The normalized spacial score (nSPS) is 18.4. The minimum Gasteiger partial charge on any atom is -0.508 e. The molecule has 0 unspecified atom stereocenters. The molecule has 0 aliphatic carbocycles. The molecule has 0 bridgehead atoms. The van der Waals surface area contributed by atoms with Crippen LogP contribution in [0.4, 0.5) is 18.9 Å². The number of alkyl halides is 3. The molecule has 0 spiro atoms. The number of piperidine rings is 1. The van der Waals surface area contributed by atoms with E-state index in [1.165, 1.54) is 0 Å². The minimum absolute atomic E-state index is 0.143. The van der Waals surface area contributed by atoms with Crippen molar-refractivity contribution in [3.63, 3.8) is 0 Å². The van der Waals surface area contributed by atoms with Gasteiger partial charge in [0.05, 0.1) is 5.92 Å². The van der Waals surface area contributed by atoms with E-state index in [-0.39, 0.29) is 18.6 Å². The van der Waals surface area contributed by atoms with Crippen LogP contribution in [0, 0.1) is 5.92 Å². The Morgan fingerprint density at radius 2 is 1.59 bits per heavy atom. The van der Waals surface area contributed by atoms with Crippen molar-refractivity contribution in [1.29, 1.82) is 0 Å². The van der Waals surface area contributed by atoms with Crippen LogP contribution in [0.15, 0.2) is 24.3 Å². The molecule has 0 amide bonds. The van der Waals surface area contributed by atoms with Crippen LogP contribution in [0.5, 0.6) is 5.75 Å². The van der Waals surface area contributed by atoms with Gasteiger partial charge in [-0.3, -0.25) is 0 Å². The molecule has 0 aromatic heterocycles. The highest BCUT2D eigenvalue weighted by Gasteiger charge is 2.41. The number of anilines is 1. The highest BCUT2D eigenvalue weighted by Crippen LogP contribution is 2.35. The van der Waals surface area contributed by atoms with E-state index < -0.39 is 12.1 Å². The van der Waals surface area contributed by atoms with E-state index >= 15 is 0 Å². The van der Waals surface area contributed by atoms with E-state index in [4.69, 9.17) is 5.11 Å². The van der Waals surface area contributed by atoms with E-state index in [2.05, 4.69) is 0 Å². The third-order valence-electron chi connectivity index (χ3n) is 3.17. The summed E-state index contributed by atoms with van der Waals surface area (Å²) < 4.78 is 37.4. The average Bonchev–Trinajstić information content (AvgIpc) is 2.29. The summed E-state index contributed by atoms with van der Waals surface area (Å²) in [7, 11) is 0. The third-order valence-corrected chi connectivity index (χ3v) is 3.17. The largest absolute Gasteiger partial charge is 0.508 e. The van der Waals surface area contributed by atoms with E-state index in [9.17, 15) is 13.2 Å². The van der Waals surface area contributed by atoms with Crippen LogP contribution < -0.4 is 4.90 Å². The lowest BCUT2D eigenvalue weighted by molar-refractivity contribution is -0.179. The minimum atomic E-state index is -4.07. The molecule has 0 saturated carbocycles. The van der Waals surface area contributed by atoms with Gasteiger partial charge in [0.2, 0.25) is 0 Å². The van der Waals surface area contributed by atoms with Gasteiger partial charge in [0, 0.05) is 18.8 Å². The molecule has 1 fully saturated rings. The molecular weight excluding hydrogens is 231 g/mol. The molecule has 2 rings (SSSR count). The van der Waals surface area contributed by atoms with Crippen LogP contribution >= 0.6 is 0 Å². The summed E-state index contributed by atoms with van der Waals surface area (Å²) in [5.41, 5.74) is 0.864. The maximum atomic E-state index is 12.5. The number of halogens is 3. The number of phenolic OH excluding ortho intramolecular Hbond substituents is 1. The van der Waals surface area contributed by atoms with Crippen molar-refractivity contribution >= 4 is 5.69 Å². The Morgan fingerprint density at radius 3 is 2.06 bits per heavy atom. The van der Waals surface area contributed by atoms with E-state index in [0.717, 1.165) is 5.69 Å². The number of benzene rings is 1. The first-order valence-electron chi connectivity index (χ1n) is 5.57. The van der Waals surface area contributed by atoms with Crippen molar-refractivity contribution in [2.45, 2.75) is 19.0 Å². The van der Waals surface area contributed by atoms with Gasteiger partial charge < -0.3 is 10.0 Å². The molecule has 1 N–H and O–H groups in total. The summed E-state index contributed by atoms with van der Waals surface area (Å²) in [6.07, 6.45) is -3.78. The van der Waals surface area contributed by atoms with Gasteiger partial charge in [-0.1, -0.05) is 0 Å².